The molecule has 0 aliphatic rings. The molecule has 0 fully saturated rings. The third kappa shape index (κ3) is 3.25. The highest BCUT2D eigenvalue weighted by Gasteiger charge is 2.09. The number of methoxy groups -OCH3 is 1. The molecule has 2 rings (SSSR count). The van der Waals surface area contributed by atoms with Gasteiger partial charge in [0, 0.05) is 12.2 Å². The zero-order chi connectivity index (χ0) is 13.7. The van der Waals surface area contributed by atoms with E-state index >= 15 is 0 Å². The summed E-state index contributed by atoms with van der Waals surface area (Å²) in [5, 5.41) is 3.43. The Morgan fingerprint density at radius 2 is 1.95 bits per heavy atom. The number of aryl methyl sites for hydroxylation is 1. The number of anilines is 1. The van der Waals surface area contributed by atoms with E-state index in [1.165, 1.54) is 11.1 Å². The molecule has 1 heterocycles. The van der Waals surface area contributed by atoms with Gasteiger partial charge < -0.3 is 10.1 Å². The lowest BCUT2D eigenvalue weighted by Crippen LogP contribution is -2.08. The number of nitrogens with one attached hydrogen (secondary N) is 1. The fourth-order valence-corrected chi connectivity index (χ4v) is 2.02. The summed E-state index contributed by atoms with van der Waals surface area (Å²) in [5.74, 6) is 0.625. The van der Waals surface area contributed by atoms with Crippen LogP contribution in [-0.2, 0) is 6.42 Å². The minimum atomic E-state index is 0.212. The van der Waals surface area contributed by atoms with Crippen LogP contribution in [0.15, 0.2) is 42.6 Å². The zero-order valence-corrected chi connectivity index (χ0v) is 11.7. The van der Waals surface area contributed by atoms with Crippen LogP contribution < -0.4 is 10.1 Å². The highest BCUT2D eigenvalue weighted by molar-refractivity contribution is 5.53. The van der Waals surface area contributed by atoms with Crippen LogP contribution in [0.3, 0.4) is 0 Å². The van der Waals surface area contributed by atoms with Gasteiger partial charge in [0.2, 0.25) is 5.88 Å². The molecule has 19 heavy (non-hydrogen) atoms. The predicted molar refractivity (Wildman–Crippen MR) is 78.6 cm³/mol. The van der Waals surface area contributed by atoms with Gasteiger partial charge in [0.25, 0.3) is 0 Å². The molecule has 2 aromatic rings. The van der Waals surface area contributed by atoms with Crippen LogP contribution in [0.4, 0.5) is 5.69 Å². The van der Waals surface area contributed by atoms with Crippen LogP contribution in [0, 0.1) is 0 Å². The molecule has 100 valence electrons. The summed E-state index contributed by atoms with van der Waals surface area (Å²) < 4.78 is 5.24. The molecular weight excluding hydrogens is 236 g/mol. The standard InChI is InChI=1S/C16H20N2O/c1-4-13-7-9-14(10-8-13)12(2)18-15-6-5-11-17-16(15)19-3/h5-12,18H,4H2,1-3H3. The fourth-order valence-electron chi connectivity index (χ4n) is 2.02. The van der Waals surface area contributed by atoms with E-state index in [1.807, 2.05) is 12.1 Å². The number of hydrogen-bond acceptors (Lipinski definition) is 3. The monoisotopic (exact) mass is 256 g/mol. The molecule has 0 saturated heterocycles. The second kappa shape index (κ2) is 6.23. The van der Waals surface area contributed by atoms with E-state index < -0.39 is 0 Å². The van der Waals surface area contributed by atoms with E-state index in [2.05, 4.69) is 48.4 Å². The largest absolute Gasteiger partial charge is 0.480 e. The highest BCUT2D eigenvalue weighted by Crippen LogP contribution is 2.25. The zero-order valence-electron chi connectivity index (χ0n) is 11.7. The van der Waals surface area contributed by atoms with Crippen LogP contribution in [0.2, 0.25) is 0 Å². The van der Waals surface area contributed by atoms with Crippen molar-refractivity contribution in [3.05, 3.63) is 53.7 Å². The van der Waals surface area contributed by atoms with Gasteiger partial charge in [0.15, 0.2) is 0 Å². The number of rotatable bonds is 5. The molecule has 3 heteroatoms. The molecule has 1 unspecified atom stereocenters. The Bertz CT molecular complexity index is 523. The van der Waals surface area contributed by atoms with Crippen molar-refractivity contribution in [3.8, 4) is 5.88 Å². The average molecular weight is 256 g/mol. The maximum atomic E-state index is 5.24. The first-order valence-electron chi connectivity index (χ1n) is 6.59. The maximum Gasteiger partial charge on any atom is 0.237 e. The Balaban J connectivity index is 2.13. The summed E-state index contributed by atoms with van der Waals surface area (Å²) >= 11 is 0. The van der Waals surface area contributed by atoms with E-state index in [4.69, 9.17) is 4.74 Å². The van der Waals surface area contributed by atoms with Gasteiger partial charge in [-0.05, 0) is 36.6 Å². The van der Waals surface area contributed by atoms with Gasteiger partial charge in [0.05, 0.1) is 12.8 Å². The molecule has 1 aromatic heterocycles. The van der Waals surface area contributed by atoms with Crippen molar-refractivity contribution in [2.24, 2.45) is 0 Å². The molecule has 0 radical (unpaired) electrons. The molecule has 1 N–H and O–H groups in total. The Morgan fingerprint density at radius 1 is 1.21 bits per heavy atom. The summed E-state index contributed by atoms with van der Waals surface area (Å²) in [5.41, 5.74) is 3.52. The van der Waals surface area contributed by atoms with Gasteiger partial charge in [-0.2, -0.15) is 0 Å². The summed E-state index contributed by atoms with van der Waals surface area (Å²) in [6.45, 7) is 4.30. The third-order valence-corrected chi connectivity index (χ3v) is 3.22. The molecule has 0 amide bonds. The number of nitrogens with zero attached hydrogens (tertiary/aromatic N) is 1. The van der Waals surface area contributed by atoms with Gasteiger partial charge in [-0.3, -0.25) is 0 Å². The number of aromatic nitrogens is 1. The number of ether oxygens (including phenoxy) is 1. The molecule has 0 aliphatic heterocycles. The van der Waals surface area contributed by atoms with Gasteiger partial charge in [0.1, 0.15) is 0 Å². The van der Waals surface area contributed by atoms with E-state index in [-0.39, 0.29) is 6.04 Å². The molecule has 0 saturated carbocycles. The van der Waals surface area contributed by atoms with Crippen LogP contribution in [0.1, 0.15) is 31.0 Å². The molecular formula is C16H20N2O. The third-order valence-electron chi connectivity index (χ3n) is 3.22. The van der Waals surface area contributed by atoms with E-state index in [0.717, 1.165) is 12.1 Å². The second-order valence-corrected chi connectivity index (χ2v) is 4.52. The second-order valence-electron chi connectivity index (χ2n) is 4.52. The Labute approximate surface area is 114 Å². The quantitative estimate of drug-likeness (QED) is 0.883. The summed E-state index contributed by atoms with van der Waals surface area (Å²) in [6.07, 6.45) is 2.79. The fraction of sp³-hybridized carbons (Fsp3) is 0.312. The SMILES string of the molecule is CCc1ccc(C(C)Nc2cccnc2OC)cc1. The molecule has 1 atom stereocenters. The Hall–Kier alpha value is -2.03. The highest BCUT2D eigenvalue weighted by atomic mass is 16.5. The topological polar surface area (TPSA) is 34.2 Å². The van der Waals surface area contributed by atoms with Gasteiger partial charge in [-0.1, -0.05) is 31.2 Å². The van der Waals surface area contributed by atoms with Crippen molar-refractivity contribution < 1.29 is 4.74 Å². The van der Waals surface area contributed by atoms with Crippen molar-refractivity contribution in [1.29, 1.82) is 0 Å². The van der Waals surface area contributed by atoms with Crippen molar-refractivity contribution in [3.63, 3.8) is 0 Å². The predicted octanol–water partition coefficient (Wildman–Crippen LogP) is 3.83. The molecule has 3 nitrogen and oxygen atoms in total. The van der Waals surface area contributed by atoms with Crippen LogP contribution in [0.25, 0.3) is 0 Å². The first-order valence-corrected chi connectivity index (χ1v) is 6.59. The molecule has 0 spiro atoms. The van der Waals surface area contributed by atoms with Gasteiger partial charge in [-0.25, -0.2) is 4.98 Å². The number of hydrogen-bond donors (Lipinski definition) is 1. The lowest BCUT2D eigenvalue weighted by molar-refractivity contribution is 0.399. The normalized spacial score (nSPS) is 11.9. The summed E-state index contributed by atoms with van der Waals surface area (Å²) in [6, 6.07) is 12.8. The smallest absolute Gasteiger partial charge is 0.237 e. The first-order chi connectivity index (χ1) is 9.24. The number of benzene rings is 1. The Kier molecular flexibility index (Phi) is 4.39. The van der Waals surface area contributed by atoms with Crippen molar-refractivity contribution in [2.45, 2.75) is 26.3 Å². The minimum absolute atomic E-state index is 0.212. The van der Waals surface area contributed by atoms with Gasteiger partial charge >= 0.3 is 0 Å². The van der Waals surface area contributed by atoms with Crippen molar-refractivity contribution >= 4 is 5.69 Å². The maximum absolute atomic E-state index is 5.24. The lowest BCUT2D eigenvalue weighted by atomic mass is 10.0. The average Bonchev–Trinajstić information content (AvgIpc) is 2.48. The van der Waals surface area contributed by atoms with Crippen LogP contribution >= 0.6 is 0 Å². The minimum Gasteiger partial charge on any atom is -0.480 e. The molecule has 1 aromatic carbocycles. The first kappa shape index (κ1) is 13.4. The van der Waals surface area contributed by atoms with Crippen LogP contribution in [0.5, 0.6) is 5.88 Å². The van der Waals surface area contributed by atoms with E-state index in [0.29, 0.717) is 5.88 Å². The molecule has 0 aliphatic carbocycles. The summed E-state index contributed by atoms with van der Waals surface area (Å²) in [4.78, 5) is 4.19. The summed E-state index contributed by atoms with van der Waals surface area (Å²) in [7, 11) is 1.63. The molecule has 0 bridgehead atoms. The Morgan fingerprint density at radius 3 is 2.58 bits per heavy atom. The lowest BCUT2D eigenvalue weighted by Gasteiger charge is -2.17. The van der Waals surface area contributed by atoms with Crippen molar-refractivity contribution in [1.82, 2.24) is 4.98 Å². The van der Waals surface area contributed by atoms with E-state index in [9.17, 15) is 0 Å². The van der Waals surface area contributed by atoms with Crippen molar-refractivity contribution in [2.75, 3.05) is 12.4 Å². The number of pyridine rings is 1. The van der Waals surface area contributed by atoms with Crippen LogP contribution in [-0.4, -0.2) is 12.1 Å². The van der Waals surface area contributed by atoms with Gasteiger partial charge in [-0.15, -0.1) is 0 Å². The van der Waals surface area contributed by atoms with E-state index in [1.54, 1.807) is 13.3 Å².